The molecule has 2 unspecified atom stereocenters. The Morgan fingerprint density at radius 2 is 1.57 bits per heavy atom. The molecule has 0 saturated heterocycles. The number of unbranched alkanes of at least 4 members (excludes halogenated alkanes) is 5. The van der Waals surface area contributed by atoms with Gasteiger partial charge in [-0.25, -0.2) is 0 Å². The molecule has 0 heterocycles. The van der Waals surface area contributed by atoms with Gasteiger partial charge < -0.3 is 15.3 Å². The van der Waals surface area contributed by atoms with Crippen LogP contribution < -0.4 is 0 Å². The standard InChI is InChI=1S/C9H21NO2.C9H18O2/c1-7(2)6-9(3,12)8(11)10(4)5;1-2-3-4-5-6-7-8-9(10)11/h7-8,11-12H,6H2,1-5H3;2-8H2,1H3,(H,10,11). The van der Waals surface area contributed by atoms with E-state index in [-0.39, 0.29) is 0 Å². The number of aliphatic carboxylic acids is 1. The molecule has 5 nitrogen and oxygen atoms in total. The molecule has 0 radical (unpaired) electrons. The van der Waals surface area contributed by atoms with Crippen LogP contribution in [0.4, 0.5) is 0 Å². The first-order chi connectivity index (χ1) is 10.5. The van der Waals surface area contributed by atoms with E-state index in [0.29, 0.717) is 18.8 Å². The van der Waals surface area contributed by atoms with Crippen LogP contribution >= 0.6 is 0 Å². The predicted octanol–water partition coefficient (Wildman–Crippen LogP) is 3.49. The van der Waals surface area contributed by atoms with Gasteiger partial charge in [0, 0.05) is 6.42 Å². The minimum Gasteiger partial charge on any atom is -0.481 e. The van der Waals surface area contributed by atoms with Gasteiger partial charge in [-0.1, -0.05) is 52.9 Å². The third-order valence-electron chi connectivity index (χ3n) is 3.61. The van der Waals surface area contributed by atoms with Crippen LogP contribution in [0.25, 0.3) is 0 Å². The van der Waals surface area contributed by atoms with Crippen LogP contribution in [-0.2, 0) is 4.79 Å². The molecule has 0 amide bonds. The molecule has 0 spiro atoms. The lowest BCUT2D eigenvalue weighted by atomic mass is 9.92. The molecule has 140 valence electrons. The molecule has 0 bridgehead atoms. The molecule has 23 heavy (non-hydrogen) atoms. The number of hydrogen-bond donors (Lipinski definition) is 3. The number of likely N-dealkylation sites (N-methyl/N-ethyl adjacent to an activating group) is 1. The fourth-order valence-corrected chi connectivity index (χ4v) is 2.54. The summed E-state index contributed by atoms with van der Waals surface area (Å²) in [5.74, 6) is -0.282. The topological polar surface area (TPSA) is 81.0 Å². The molecule has 0 fully saturated rings. The Kier molecular flexibility index (Phi) is 14.7. The summed E-state index contributed by atoms with van der Waals surface area (Å²) in [5, 5.41) is 27.7. The summed E-state index contributed by atoms with van der Waals surface area (Å²) in [7, 11) is 3.50. The van der Waals surface area contributed by atoms with Gasteiger partial charge in [0.05, 0.1) is 0 Å². The number of aliphatic hydroxyl groups excluding tert-OH is 1. The van der Waals surface area contributed by atoms with E-state index in [2.05, 4.69) is 6.92 Å². The zero-order chi connectivity index (χ0) is 18.5. The summed E-state index contributed by atoms with van der Waals surface area (Å²) < 4.78 is 0. The van der Waals surface area contributed by atoms with Gasteiger partial charge in [0.2, 0.25) is 0 Å². The molecular formula is C18H39NO4. The van der Waals surface area contributed by atoms with Crippen molar-refractivity contribution in [2.45, 2.75) is 90.9 Å². The van der Waals surface area contributed by atoms with Gasteiger partial charge in [-0.2, -0.15) is 0 Å². The lowest BCUT2D eigenvalue weighted by molar-refractivity contribution is -0.137. The fourth-order valence-electron chi connectivity index (χ4n) is 2.54. The lowest BCUT2D eigenvalue weighted by Gasteiger charge is -2.34. The zero-order valence-corrected chi connectivity index (χ0v) is 16.0. The van der Waals surface area contributed by atoms with Crippen LogP contribution in [0.3, 0.4) is 0 Å². The quantitative estimate of drug-likeness (QED) is 0.398. The Balaban J connectivity index is 0. The zero-order valence-electron chi connectivity index (χ0n) is 16.0. The summed E-state index contributed by atoms with van der Waals surface area (Å²) in [6.45, 7) is 7.89. The predicted molar refractivity (Wildman–Crippen MR) is 95.4 cm³/mol. The lowest BCUT2D eigenvalue weighted by Crippen LogP contribution is -2.48. The Hall–Kier alpha value is -0.650. The highest BCUT2D eigenvalue weighted by Crippen LogP contribution is 2.21. The van der Waals surface area contributed by atoms with Gasteiger partial charge >= 0.3 is 5.97 Å². The second-order valence-electron chi connectivity index (χ2n) is 7.20. The van der Waals surface area contributed by atoms with Crippen LogP contribution in [0.15, 0.2) is 0 Å². The third-order valence-corrected chi connectivity index (χ3v) is 3.61. The average Bonchev–Trinajstić information content (AvgIpc) is 2.40. The number of carboxylic acids is 1. The first-order valence-corrected chi connectivity index (χ1v) is 8.83. The number of aliphatic hydroxyl groups is 2. The maximum absolute atomic E-state index is 10.1. The number of nitrogens with zero attached hydrogens (tertiary/aromatic N) is 1. The van der Waals surface area contributed by atoms with Crippen molar-refractivity contribution in [1.29, 1.82) is 0 Å². The normalized spacial score (nSPS) is 15.0. The molecule has 0 aliphatic heterocycles. The summed E-state index contributed by atoms with van der Waals surface area (Å²) in [6, 6.07) is 0. The van der Waals surface area contributed by atoms with Gasteiger partial charge in [-0.3, -0.25) is 9.69 Å². The maximum atomic E-state index is 10.1. The first kappa shape index (κ1) is 24.6. The highest BCUT2D eigenvalue weighted by Gasteiger charge is 2.32. The summed E-state index contributed by atoms with van der Waals surface area (Å²) in [5.41, 5.74) is -1.02. The van der Waals surface area contributed by atoms with Gasteiger partial charge in [-0.05, 0) is 39.8 Å². The van der Waals surface area contributed by atoms with E-state index in [1.807, 2.05) is 13.8 Å². The molecule has 0 aliphatic rings. The second kappa shape index (κ2) is 13.8. The summed E-state index contributed by atoms with van der Waals surface area (Å²) in [4.78, 5) is 11.7. The van der Waals surface area contributed by atoms with Crippen LogP contribution in [0.2, 0.25) is 0 Å². The number of carbonyl (C=O) groups is 1. The second-order valence-corrected chi connectivity index (χ2v) is 7.20. The maximum Gasteiger partial charge on any atom is 0.303 e. The number of rotatable bonds is 11. The highest BCUT2D eigenvalue weighted by atomic mass is 16.4. The molecule has 0 saturated carbocycles. The number of carboxylic acid groups (broad SMARTS) is 1. The van der Waals surface area contributed by atoms with E-state index in [4.69, 9.17) is 5.11 Å². The summed E-state index contributed by atoms with van der Waals surface area (Å²) >= 11 is 0. The minimum absolute atomic E-state index is 0.339. The molecule has 0 aromatic heterocycles. The van der Waals surface area contributed by atoms with E-state index >= 15 is 0 Å². The van der Waals surface area contributed by atoms with Crippen molar-refractivity contribution in [3.05, 3.63) is 0 Å². The van der Waals surface area contributed by atoms with Crippen molar-refractivity contribution < 1.29 is 20.1 Å². The molecule has 0 aliphatic carbocycles. The van der Waals surface area contributed by atoms with Gasteiger partial charge in [0.1, 0.15) is 11.8 Å². The Bertz CT molecular complexity index is 291. The van der Waals surface area contributed by atoms with Gasteiger partial charge in [0.15, 0.2) is 0 Å². The van der Waals surface area contributed by atoms with Gasteiger partial charge in [-0.15, -0.1) is 0 Å². The highest BCUT2D eigenvalue weighted by molar-refractivity contribution is 5.66. The van der Waals surface area contributed by atoms with Crippen molar-refractivity contribution in [3.63, 3.8) is 0 Å². The van der Waals surface area contributed by atoms with Crippen molar-refractivity contribution >= 4 is 5.97 Å². The van der Waals surface area contributed by atoms with E-state index in [0.717, 1.165) is 12.8 Å². The average molecular weight is 334 g/mol. The van der Waals surface area contributed by atoms with Crippen molar-refractivity contribution in [2.24, 2.45) is 5.92 Å². The molecule has 0 aromatic rings. The third kappa shape index (κ3) is 16.0. The minimum atomic E-state index is -1.02. The molecule has 0 aromatic carbocycles. The Morgan fingerprint density at radius 1 is 1.09 bits per heavy atom. The van der Waals surface area contributed by atoms with E-state index in [1.54, 1.807) is 25.9 Å². The molecule has 0 rings (SSSR count). The van der Waals surface area contributed by atoms with Crippen molar-refractivity contribution in [1.82, 2.24) is 4.90 Å². The van der Waals surface area contributed by atoms with Crippen molar-refractivity contribution in [3.8, 4) is 0 Å². The number of hydrogen-bond acceptors (Lipinski definition) is 4. The van der Waals surface area contributed by atoms with E-state index in [1.165, 1.54) is 25.7 Å². The SMILES string of the molecule is CC(C)CC(C)(O)C(O)N(C)C.CCCCCCCCC(=O)O. The van der Waals surface area contributed by atoms with Gasteiger partial charge in [0.25, 0.3) is 0 Å². The molecule has 5 heteroatoms. The molecular weight excluding hydrogens is 294 g/mol. The van der Waals surface area contributed by atoms with E-state index in [9.17, 15) is 15.0 Å². The van der Waals surface area contributed by atoms with Crippen LogP contribution in [-0.4, -0.2) is 52.1 Å². The largest absolute Gasteiger partial charge is 0.481 e. The van der Waals surface area contributed by atoms with Crippen LogP contribution in [0.1, 0.15) is 79.1 Å². The van der Waals surface area contributed by atoms with E-state index < -0.39 is 17.8 Å². The summed E-state index contributed by atoms with van der Waals surface area (Å²) in [6.07, 6.45) is 7.06. The first-order valence-electron chi connectivity index (χ1n) is 8.83. The Labute approximate surface area is 142 Å². The monoisotopic (exact) mass is 333 g/mol. The van der Waals surface area contributed by atoms with Crippen LogP contribution in [0, 0.1) is 5.92 Å². The Morgan fingerprint density at radius 3 is 1.96 bits per heavy atom. The molecule has 3 N–H and O–H groups in total. The smallest absolute Gasteiger partial charge is 0.303 e. The van der Waals surface area contributed by atoms with Crippen LogP contribution in [0.5, 0.6) is 0 Å². The molecule has 2 atom stereocenters. The van der Waals surface area contributed by atoms with Crippen molar-refractivity contribution in [2.75, 3.05) is 14.1 Å². The fraction of sp³-hybridized carbons (Fsp3) is 0.944.